The number of guanidine groups is 1. The Morgan fingerprint density at radius 1 is 1.13 bits per heavy atom. The van der Waals surface area contributed by atoms with Gasteiger partial charge in [0.25, 0.3) is 0 Å². The molecule has 0 aliphatic carbocycles. The molecule has 2 aromatic rings. The van der Waals surface area contributed by atoms with E-state index in [1.807, 2.05) is 12.1 Å². The summed E-state index contributed by atoms with van der Waals surface area (Å²) in [5.74, 6) is 1.56. The molecule has 1 aliphatic rings. The van der Waals surface area contributed by atoms with E-state index in [1.54, 1.807) is 6.33 Å². The average Bonchev–Trinajstić information content (AvgIpc) is 3.23. The number of aromatic nitrogens is 3. The third-order valence-corrected chi connectivity index (χ3v) is 5.07. The third-order valence-electron chi connectivity index (χ3n) is 5.07. The van der Waals surface area contributed by atoms with Crippen LogP contribution in [0.2, 0.25) is 0 Å². The van der Waals surface area contributed by atoms with Crippen LogP contribution >= 0.6 is 0 Å². The molecule has 0 saturated carbocycles. The van der Waals surface area contributed by atoms with E-state index in [0.29, 0.717) is 0 Å². The molecule has 30 heavy (non-hydrogen) atoms. The molecule has 164 valence electrons. The number of aryl methyl sites for hydroxylation is 1. The summed E-state index contributed by atoms with van der Waals surface area (Å²) in [5, 5.41) is 14.9. The van der Waals surface area contributed by atoms with Crippen LogP contribution in [0.1, 0.15) is 18.3 Å². The molecule has 0 unspecified atom stereocenters. The number of ether oxygens (including phenoxy) is 1. The SMILES string of the molecule is CCc1nncn1CCNC(=NCCN1CCOCC1)NCCc1ccc(F)cc1. The first kappa shape index (κ1) is 22.2. The first-order valence-corrected chi connectivity index (χ1v) is 10.7. The lowest BCUT2D eigenvalue weighted by molar-refractivity contribution is 0.0394. The Morgan fingerprint density at radius 3 is 2.67 bits per heavy atom. The first-order chi connectivity index (χ1) is 14.7. The zero-order valence-corrected chi connectivity index (χ0v) is 17.7. The minimum Gasteiger partial charge on any atom is -0.379 e. The number of hydrogen-bond acceptors (Lipinski definition) is 5. The van der Waals surface area contributed by atoms with Crippen molar-refractivity contribution in [1.29, 1.82) is 0 Å². The second-order valence-corrected chi connectivity index (χ2v) is 7.21. The minimum atomic E-state index is -0.209. The van der Waals surface area contributed by atoms with E-state index in [2.05, 4.69) is 37.2 Å². The molecule has 1 aromatic carbocycles. The molecule has 1 saturated heterocycles. The topological polar surface area (TPSA) is 79.6 Å². The van der Waals surface area contributed by atoms with E-state index in [9.17, 15) is 4.39 Å². The van der Waals surface area contributed by atoms with E-state index in [1.165, 1.54) is 12.1 Å². The van der Waals surface area contributed by atoms with Gasteiger partial charge in [-0.25, -0.2) is 4.39 Å². The molecule has 0 amide bonds. The monoisotopic (exact) mass is 417 g/mol. The Bertz CT molecular complexity index is 772. The van der Waals surface area contributed by atoms with E-state index < -0.39 is 0 Å². The van der Waals surface area contributed by atoms with Crippen molar-refractivity contribution in [1.82, 2.24) is 30.3 Å². The van der Waals surface area contributed by atoms with Crippen LogP contribution in [-0.2, 0) is 24.1 Å². The molecule has 1 aliphatic heterocycles. The minimum absolute atomic E-state index is 0.209. The lowest BCUT2D eigenvalue weighted by atomic mass is 10.1. The summed E-state index contributed by atoms with van der Waals surface area (Å²) in [4.78, 5) is 7.10. The van der Waals surface area contributed by atoms with Crippen LogP contribution in [0, 0.1) is 5.82 Å². The molecular weight excluding hydrogens is 385 g/mol. The molecule has 0 bridgehead atoms. The summed E-state index contributed by atoms with van der Waals surface area (Å²) < 4.78 is 20.5. The second kappa shape index (κ2) is 12.2. The van der Waals surface area contributed by atoms with Crippen molar-refractivity contribution in [2.45, 2.75) is 26.3 Å². The molecule has 1 aromatic heterocycles. The predicted octanol–water partition coefficient (Wildman–Crippen LogP) is 1.09. The highest BCUT2D eigenvalue weighted by Crippen LogP contribution is 2.03. The number of benzene rings is 1. The summed E-state index contributed by atoms with van der Waals surface area (Å²) in [6.07, 6.45) is 3.42. The van der Waals surface area contributed by atoms with Crippen LogP contribution in [0.4, 0.5) is 4.39 Å². The van der Waals surface area contributed by atoms with Gasteiger partial charge in [0.1, 0.15) is 18.0 Å². The van der Waals surface area contributed by atoms with Crippen LogP contribution in [0.3, 0.4) is 0 Å². The lowest BCUT2D eigenvalue weighted by Crippen LogP contribution is -2.41. The third kappa shape index (κ3) is 7.38. The van der Waals surface area contributed by atoms with Crippen LogP contribution in [0.15, 0.2) is 35.6 Å². The Morgan fingerprint density at radius 2 is 1.90 bits per heavy atom. The van der Waals surface area contributed by atoms with E-state index in [0.717, 1.165) is 89.2 Å². The average molecular weight is 418 g/mol. The van der Waals surface area contributed by atoms with Gasteiger partial charge in [-0.3, -0.25) is 9.89 Å². The lowest BCUT2D eigenvalue weighted by Gasteiger charge is -2.25. The fourth-order valence-corrected chi connectivity index (χ4v) is 3.31. The summed E-state index contributed by atoms with van der Waals surface area (Å²) >= 11 is 0. The smallest absolute Gasteiger partial charge is 0.191 e. The summed E-state index contributed by atoms with van der Waals surface area (Å²) in [6, 6.07) is 6.63. The van der Waals surface area contributed by atoms with E-state index in [4.69, 9.17) is 9.73 Å². The van der Waals surface area contributed by atoms with Crippen molar-refractivity contribution >= 4 is 5.96 Å². The molecule has 2 heterocycles. The van der Waals surface area contributed by atoms with Crippen molar-refractivity contribution in [3.63, 3.8) is 0 Å². The molecule has 1 fully saturated rings. The highest BCUT2D eigenvalue weighted by atomic mass is 19.1. The molecule has 9 heteroatoms. The predicted molar refractivity (Wildman–Crippen MR) is 115 cm³/mol. The van der Waals surface area contributed by atoms with Gasteiger partial charge >= 0.3 is 0 Å². The molecule has 3 rings (SSSR count). The van der Waals surface area contributed by atoms with Gasteiger partial charge in [0.2, 0.25) is 0 Å². The molecule has 0 atom stereocenters. The highest BCUT2D eigenvalue weighted by Gasteiger charge is 2.09. The summed E-state index contributed by atoms with van der Waals surface area (Å²) in [7, 11) is 0. The Kier molecular flexibility index (Phi) is 9.04. The zero-order valence-electron chi connectivity index (χ0n) is 17.7. The zero-order chi connectivity index (χ0) is 21.0. The van der Waals surface area contributed by atoms with Gasteiger partial charge < -0.3 is 19.9 Å². The fourth-order valence-electron chi connectivity index (χ4n) is 3.31. The van der Waals surface area contributed by atoms with Gasteiger partial charge in [-0.15, -0.1) is 10.2 Å². The van der Waals surface area contributed by atoms with Crippen molar-refractivity contribution in [2.24, 2.45) is 4.99 Å². The van der Waals surface area contributed by atoms with Gasteiger partial charge in [0.05, 0.1) is 19.8 Å². The van der Waals surface area contributed by atoms with E-state index >= 15 is 0 Å². The van der Waals surface area contributed by atoms with Gasteiger partial charge in [-0.05, 0) is 24.1 Å². The Hall–Kier alpha value is -2.52. The first-order valence-electron chi connectivity index (χ1n) is 10.7. The van der Waals surface area contributed by atoms with Crippen LogP contribution in [-0.4, -0.2) is 78.1 Å². The molecular formula is C21H32FN7O. The van der Waals surface area contributed by atoms with Crippen molar-refractivity contribution < 1.29 is 9.13 Å². The number of aliphatic imine (C=N–C) groups is 1. The van der Waals surface area contributed by atoms with Gasteiger partial charge in [-0.2, -0.15) is 0 Å². The Balaban J connectivity index is 1.48. The maximum atomic E-state index is 13.1. The van der Waals surface area contributed by atoms with Gasteiger partial charge in [-0.1, -0.05) is 19.1 Å². The van der Waals surface area contributed by atoms with Crippen LogP contribution in [0.25, 0.3) is 0 Å². The largest absolute Gasteiger partial charge is 0.379 e. The highest BCUT2D eigenvalue weighted by molar-refractivity contribution is 5.79. The van der Waals surface area contributed by atoms with E-state index in [-0.39, 0.29) is 5.82 Å². The standard InChI is InChI=1S/C21H32FN7O/c1-2-20-27-26-17-29(20)12-10-25-21(24-9-11-28-13-15-30-16-14-28)23-8-7-18-3-5-19(22)6-4-18/h3-6,17H,2,7-16H2,1H3,(H2,23,24,25). The Labute approximate surface area is 177 Å². The number of morpholine rings is 1. The maximum Gasteiger partial charge on any atom is 0.191 e. The number of halogens is 1. The van der Waals surface area contributed by atoms with Crippen molar-refractivity contribution in [3.8, 4) is 0 Å². The van der Waals surface area contributed by atoms with Crippen molar-refractivity contribution in [2.75, 3.05) is 52.5 Å². The number of hydrogen-bond donors (Lipinski definition) is 2. The quantitative estimate of drug-likeness (QED) is 0.445. The summed E-state index contributed by atoms with van der Waals surface area (Å²) in [5.41, 5.74) is 1.09. The normalized spacial score (nSPS) is 15.3. The van der Waals surface area contributed by atoms with Crippen molar-refractivity contribution in [3.05, 3.63) is 47.8 Å². The molecule has 2 N–H and O–H groups in total. The maximum absolute atomic E-state index is 13.1. The van der Waals surface area contributed by atoms with Crippen LogP contribution in [0.5, 0.6) is 0 Å². The number of nitrogens with zero attached hydrogens (tertiary/aromatic N) is 5. The van der Waals surface area contributed by atoms with Gasteiger partial charge in [0.15, 0.2) is 5.96 Å². The molecule has 0 spiro atoms. The fraction of sp³-hybridized carbons (Fsp3) is 0.571. The molecule has 8 nitrogen and oxygen atoms in total. The second-order valence-electron chi connectivity index (χ2n) is 7.21. The van der Waals surface area contributed by atoms with Gasteiger partial charge in [0, 0.05) is 45.7 Å². The number of nitrogens with one attached hydrogen (secondary N) is 2. The molecule has 0 radical (unpaired) electrons. The van der Waals surface area contributed by atoms with Crippen LogP contribution < -0.4 is 10.6 Å². The summed E-state index contributed by atoms with van der Waals surface area (Å²) in [6.45, 7) is 9.45. The number of rotatable bonds is 10.